The van der Waals surface area contributed by atoms with Crippen LogP contribution < -0.4 is 10.1 Å². The van der Waals surface area contributed by atoms with Crippen LogP contribution in [0, 0.1) is 0 Å². The Labute approximate surface area is 143 Å². The van der Waals surface area contributed by atoms with Gasteiger partial charge in [0.25, 0.3) is 0 Å². The Bertz CT molecular complexity index is 593. The molecule has 0 saturated heterocycles. The third kappa shape index (κ3) is 4.06. The largest absolute Gasteiger partial charge is 0.497 e. The Kier molecular flexibility index (Phi) is 5.80. The van der Waals surface area contributed by atoms with E-state index in [4.69, 9.17) is 27.9 Å². The molecule has 1 atom stereocenters. The molecule has 0 radical (unpaired) electrons. The monoisotopic (exact) mass is 387 g/mol. The number of halogens is 3. The lowest BCUT2D eigenvalue weighted by molar-refractivity contribution is 0.414. The second-order valence-corrected chi connectivity index (χ2v) is 6.35. The quantitative estimate of drug-likeness (QED) is 0.646. The van der Waals surface area contributed by atoms with E-state index < -0.39 is 0 Å². The number of methoxy groups -OCH3 is 1. The van der Waals surface area contributed by atoms with Gasteiger partial charge in [-0.3, -0.25) is 0 Å². The smallest absolute Gasteiger partial charge is 0.118 e. The highest BCUT2D eigenvalue weighted by molar-refractivity contribution is 9.10. The van der Waals surface area contributed by atoms with Gasteiger partial charge in [-0.05, 0) is 36.2 Å². The van der Waals surface area contributed by atoms with Crippen LogP contribution in [0.5, 0.6) is 5.75 Å². The van der Waals surface area contributed by atoms with E-state index in [1.807, 2.05) is 36.4 Å². The molecule has 2 aromatic rings. The van der Waals surface area contributed by atoms with Crippen LogP contribution in [0.25, 0.3) is 0 Å². The average Bonchev–Trinajstić information content (AvgIpc) is 2.47. The number of anilines is 1. The number of hydrogen-bond acceptors (Lipinski definition) is 2. The molecule has 0 bridgehead atoms. The Morgan fingerprint density at radius 1 is 1.14 bits per heavy atom. The van der Waals surface area contributed by atoms with Crippen LogP contribution in [0.15, 0.2) is 40.9 Å². The standard InChI is InChI=1S/C16H16BrCl2NO/c1-3-15(10-4-6-12(21-2)7-5-10)20-16-13(18)8-11(17)9-14(16)19/h4-9,15,20H,3H2,1-2H3. The zero-order valence-corrected chi connectivity index (χ0v) is 14.9. The van der Waals surface area contributed by atoms with Gasteiger partial charge in [-0.1, -0.05) is 58.2 Å². The first kappa shape index (κ1) is 16.5. The van der Waals surface area contributed by atoms with Crippen molar-refractivity contribution >= 4 is 44.8 Å². The first-order valence-corrected chi connectivity index (χ1v) is 8.15. The molecular weight excluding hydrogens is 373 g/mol. The minimum absolute atomic E-state index is 0.132. The maximum Gasteiger partial charge on any atom is 0.118 e. The average molecular weight is 389 g/mol. The fourth-order valence-electron chi connectivity index (χ4n) is 2.11. The van der Waals surface area contributed by atoms with Crippen LogP contribution in [-0.4, -0.2) is 7.11 Å². The topological polar surface area (TPSA) is 21.3 Å². The normalized spacial score (nSPS) is 12.0. The molecule has 0 spiro atoms. The lowest BCUT2D eigenvalue weighted by Gasteiger charge is -2.21. The number of hydrogen-bond donors (Lipinski definition) is 1. The maximum absolute atomic E-state index is 6.27. The highest BCUT2D eigenvalue weighted by Gasteiger charge is 2.14. The molecular formula is C16H16BrCl2NO. The zero-order chi connectivity index (χ0) is 15.4. The van der Waals surface area contributed by atoms with E-state index in [-0.39, 0.29) is 6.04 Å². The van der Waals surface area contributed by atoms with Crippen LogP contribution in [0.2, 0.25) is 10.0 Å². The van der Waals surface area contributed by atoms with Crippen LogP contribution in [-0.2, 0) is 0 Å². The summed E-state index contributed by atoms with van der Waals surface area (Å²) in [5.41, 5.74) is 1.91. The SMILES string of the molecule is CCC(Nc1c(Cl)cc(Br)cc1Cl)c1ccc(OC)cc1. The Hall–Kier alpha value is -0.900. The van der Waals surface area contributed by atoms with E-state index in [1.165, 1.54) is 0 Å². The van der Waals surface area contributed by atoms with Crippen molar-refractivity contribution in [1.82, 2.24) is 0 Å². The van der Waals surface area contributed by atoms with Gasteiger partial charge in [0.2, 0.25) is 0 Å². The van der Waals surface area contributed by atoms with E-state index >= 15 is 0 Å². The van der Waals surface area contributed by atoms with Crippen molar-refractivity contribution in [1.29, 1.82) is 0 Å². The van der Waals surface area contributed by atoms with Crippen LogP contribution in [0.1, 0.15) is 24.9 Å². The van der Waals surface area contributed by atoms with Gasteiger partial charge in [-0.15, -0.1) is 0 Å². The van der Waals surface area contributed by atoms with Crippen molar-refractivity contribution in [2.24, 2.45) is 0 Å². The summed E-state index contributed by atoms with van der Waals surface area (Å²) >= 11 is 15.9. The van der Waals surface area contributed by atoms with E-state index in [2.05, 4.69) is 28.2 Å². The molecule has 2 rings (SSSR count). The summed E-state index contributed by atoms with van der Waals surface area (Å²) in [7, 11) is 1.66. The number of rotatable bonds is 5. The molecule has 0 heterocycles. The molecule has 21 heavy (non-hydrogen) atoms. The molecule has 0 aliphatic heterocycles. The van der Waals surface area contributed by atoms with E-state index in [1.54, 1.807) is 7.11 Å². The Morgan fingerprint density at radius 3 is 2.19 bits per heavy atom. The van der Waals surface area contributed by atoms with E-state index in [0.717, 1.165) is 27.9 Å². The van der Waals surface area contributed by atoms with Crippen molar-refractivity contribution in [3.05, 3.63) is 56.5 Å². The van der Waals surface area contributed by atoms with Crippen LogP contribution >= 0.6 is 39.1 Å². The fraction of sp³-hybridized carbons (Fsp3) is 0.250. The molecule has 5 heteroatoms. The molecule has 0 aliphatic rings. The zero-order valence-electron chi connectivity index (χ0n) is 11.8. The molecule has 2 nitrogen and oxygen atoms in total. The lowest BCUT2D eigenvalue weighted by atomic mass is 10.0. The molecule has 0 aliphatic carbocycles. The van der Waals surface area contributed by atoms with Gasteiger partial charge in [0.1, 0.15) is 5.75 Å². The fourth-order valence-corrected chi connectivity index (χ4v) is 3.43. The van der Waals surface area contributed by atoms with Gasteiger partial charge in [0.05, 0.1) is 28.9 Å². The van der Waals surface area contributed by atoms with Gasteiger partial charge < -0.3 is 10.1 Å². The van der Waals surface area contributed by atoms with Crippen LogP contribution in [0.4, 0.5) is 5.69 Å². The van der Waals surface area contributed by atoms with Gasteiger partial charge in [-0.2, -0.15) is 0 Å². The van der Waals surface area contributed by atoms with Gasteiger partial charge >= 0.3 is 0 Å². The van der Waals surface area contributed by atoms with Crippen molar-refractivity contribution < 1.29 is 4.74 Å². The molecule has 1 N–H and O–H groups in total. The predicted molar refractivity (Wildman–Crippen MR) is 93.8 cm³/mol. The highest BCUT2D eigenvalue weighted by atomic mass is 79.9. The van der Waals surface area contributed by atoms with E-state index in [0.29, 0.717) is 10.0 Å². The summed E-state index contributed by atoms with van der Waals surface area (Å²) in [5, 5.41) is 4.62. The molecule has 0 saturated carbocycles. The number of ether oxygens (including phenoxy) is 1. The summed E-state index contributed by atoms with van der Waals surface area (Å²) in [6, 6.07) is 11.8. The Balaban J connectivity index is 2.26. The summed E-state index contributed by atoms with van der Waals surface area (Å²) in [6.45, 7) is 2.11. The minimum Gasteiger partial charge on any atom is -0.497 e. The first-order chi connectivity index (χ1) is 10.0. The molecule has 0 fully saturated rings. The van der Waals surface area contributed by atoms with Gasteiger partial charge in [0.15, 0.2) is 0 Å². The van der Waals surface area contributed by atoms with Crippen molar-refractivity contribution in [3.63, 3.8) is 0 Å². The van der Waals surface area contributed by atoms with Crippen molar-refractivity contribution in [2.75, 3.05) is 12.4 Å². The number of benzene rings is 2. The van der Waals surface area contributed by atoms with E-state index in [9.17, 15) is 0 Å². The minimum atomic E-state index is 0.132. The van der Waals surface area contributed by atoms with Crippen LogP contribution in [0.3, 0.4) is 0 Å². The maximum atomic E-state index is 6.27. The predicted octanol–water partition coefficient (Wildman–Crippen LogP) is 6.33. The Morgan fingerprint density at radius 2 is 1.71 bits per heavy atom. The molecule has 0 amide bonds. The van der Waals surface area contributed by atoms with Crippen molar-refractivity contribution in [2.45, 2.75) is 19.4 Å². The molecule has 1 unspecified atom stereocenters. The molecule has 112 valence electrons. The highest BCUT2D eigenvalue weighted by Crippen LogP contribution is 2.36. The summed E-state index contributed by atoms with van der Waals surface area (Å²) < 4.78 is 6.05. The first-order valence-electron chi connectivity index (χ1n) is 6.60. The van der Waals surface area contributed by atoms with Crippen molar-refractivity contribution in [3.8, 4) is 5.75 Å². The van der Waals surface area contributed by atoms with Gasteiger partial charge in [0, 0.05) is 4.47 Å². The summed E-state index contributed by atoms with van der Waals surface area (Å²) in [6.07, 6.45) is 0.912. The summed E-state index contributed by atoms with van der Waals surface area (Å²) in [4.78, 5) is 0. The third-order valence-electron chi connectivity index (χ3n) is 3.25. The van der Waals surface area contributed by atoms with Gasteiger partial charge in [-0.25, -0.2) is 0 Å². The molecule has 0 aromatic heterocycles. The lowest BCUT2D eigenvalue weighted by Crippen LogP contribution is -2.10. The third-order valence-corrected chi connectivity index (χ3v) is 4.31. The molecule has 2 aromatic carbocycles. The second kappa shape index (κ2) is 7.39. The number of nitrogens with one attached hydrogen (secondary N) is 1. The summed E-state index contributed by atoms with van der Waals surface area (Å²) in [5.74, 6) is 0.841. The second-order valence-electron chi connectivity index (χ2n) is 4.62.